The first kappa shape index (κ1) is 14.8. The fraction of sp³-hybridized carbons (Fsp3) is 0.188. The summed E-state index contributed by atoms with van der Waals surface area (Å²) in [7, 11) is 1.61. The lowest BCUT2D eigenvalue weighted by Gasteiger charge is -2.08. The van der Waals surface area contributed by atoms with Gasteiger partial charge < -0.3 is 15.8 Å². The minimum atomic E-state index is -0.482. The number of amides is 1. The van der Waals surface area contributed by atoms with E-state index in [9.17, 15) is 9.18 Å². The van der Waals surface area contributed by atoms with Crippen molar-refractivity contribution in [2.45, 2.75) is 6.42 Å². The van der Waals surface area contributed by atoms with Gasteiger partial charge in [0, 0.05) is 12.2 Å². The average molecular weight is 288 g/mol. The molecule has 2 aromatic carbocycles. The van der Waals surface area contributed by atoms with Crippen LogP contribution in [0.2, 0.25) is 0 Å². The quantitative estimate of drug-likeness (QED) is 0.830. The number of benzene rings is 2. The molecule has 0 radical (unpaired) electrons. The number of nitrogens with one attached hydrogen (secondary N) is 1. The summed E-state index contributed by atoms with van der Waals surface area (Å²) in [4.78, 5) is 11.9. The molecule has 0 aliphatic heterocycles. The second-order valence-electron chi connectivity index (χ2n) is 4.59. The Kier molecular flexibility index (Phi) is 4.77. The van der Waals surface area contributed by atoms with Crippen molar-refractivity contribution in [1.29, 1.82) is 0 Å². The first-order valence-electron chi connectivity index (χ1n) is 6.56. The molecule has 0 aromatic heterocycles. The number of nitrogens with two attached hydrogens (primary N) is 1. The SMILES string of the molecule is COc1ccc(CCNC(=O)c2cc(F)ccc2N)cc1. The van der Waals surface area contributed by atoms with Gasteiger partial charge in [-0.2, -0.15) is 0 Å². The lowest BCUT2D eigenvalue weighted by molar-refractivity contribution is 0.0954. The van der Waals surface area contributed by atoms with Crippen LogP contribution in [-0.4, -0.2) is 19.6 Å². The normalized spacial score (nSPS) is 10.2. The van der Waals surface area contributed by atoms with E-state index in [2.05, 4.69) is 5.32 Å². The summed E-state index contributed by atoms with van der Waals surface area (Å²) in [5.41, 5.74) is 7.16. The number of ether oxygens (including phenoxy) is 1. The molecular formula is C16H17FN2O2. The number of hydrogen-bond acceptors (Lipinski definition) is 3. The molecule has 0 saturated heterocycles. The summed E-state index contributed by atoms with van der Waals surface area (Å²) in [6, 6.07) is 11.3. The van der Waals surface area contributed by atoms with Gasteiger partial charge >= 0.3 is 0 Å². The van der Waals surface area contributed by atoms with Crippen molar-refractivity contribution in [2.75, 3.05) is 19.4 Å². The second kappa shape index (κ2) is 6.74. The first-order valence-corrected chi connectivity index (χ1v) is 6.56. The van der Waals surface area contributed by atoms with E-state index < -0.39 is 5.82 Å². The molecule has 4 nitrogen and oxygen atoms in total. The Morgan fingerprint density at radius 2 is 1.95 bits per heavy atom. The van der Waals surface area contributed by atoms with Gasteiger partial charge in [0.05, 0.1) is 12.7 Å². The van der Waals surface area contributed by atoms with Gasteiger partial charge in [0.2, 0.25) is 0 Å². The zero-order valence-electron chi connectivity index (χ0n) is 11.7. The third-order valence-corrected chi connectivity index (χ3v) is 3.12. The predicted molar refractivity (Wildman–Crippen MR) is 79.8 cm³/mol. The molecule has 3 N–H and O–H groups in total. The van der Waals surface area contributed by atoms with Gasteiger partial charge in [-0.25, -0.2) is 4.39 Å². The smallest absolute Gasteiger partial charge is 0.253 e. The molecule has 0 unspecified atom stereocenters. The Morgan fingerprint density at radius 1 is 1.24 bits per heavy atom. The maximum atomic E-state index is 13.1. The third-order valence-electron chi connectivity index (χ3n) is 3.12. The molecule has 0 saturated carbocycles. The van der Waals surface area contributed by atoms with Crippen LogP contribution in [0.5, 0.6) is 5.75 Å². The Hall–Kier alpha value is -2.56. The molecule has 0 fully saturated rings. The molecule has 1 amide bonds. The summed E-state index contributed by atoms with van der Waals surface area (Å²) < 4.78 is 18.2. The average Bonchev–Trinajstić information content (AvgIpc) is 2.50. The summed E-state index contributed by atoms with van der Waals surface area (Å²) in [6.07, 6.45) is 0.672. The van der Waals surface area contributed by atoms with Gasteiger partial charge in [0.1, 0.15) is 11.6 Å². The summed E-state index contributed by atoms with van der Waals surface area (Å²) in [6.45, 7) is 0.446. The standard InChI is InChI=1S/C16H17FN2O2/c1-21-13-5-2-11(3-6-13)8-9-19-16(20)14-10-12(17)4-7-15(14)18/h2-7,10H,8-9,18H2,1H3,(H,19,20). The largest absolute Gasteiger partial charge is 0.497 e. The van der Waals surface area contributed by atoms with Gasteiger partial charge in [-0.3, -0.25) is 4.79 Å². The summed E-state index contributed by atoms with van der Waals surface area (Å²) in [5, 5.41) is 2.73. The highest BCUT2D eigenvalue weighted by Gasteiger charge is 2.10. The number of carbonyl (C=O) groups excluding carboxylic acids is 1. The monoisotopic (exact) mass is 288 g/mol. The molecule has 0 spiro atoms. The molecule has 0 heterocycles. The Balaban J connectivity index is 1.90. The zero-order valence-corrected chi connectivity index (χ0v) is 11.7. The molecule has 0 bridgehead atoms. The molecule has 2 rings (SSSR count). The Morgan fingerprint density at radius 3 is 2.62 bits per heavy atom. The van der Waals surface area contributed by atoms with Gasteiger partial charge in [0.25, 0.3) is 5.91 Å². The van der Waals surface area contributed by atoms with Gasteiger partial charge in [-0.1, -0.05) is 12.1 Å². The van der Waals surface area contributed by atoms with Crippen molar-refractivity contribution < 1.29 is 13.9 Å². The maximum Gasteiger partial charge on any atom is 0.253 e. The molecule has 21 heavy (non-hydrogen) atoms. The highest BCUT2D eigenvalue weighted by atomic mass is 19.1. The highest BCUT2D eigenvalue weighted by Crippen LogP contribution is 2.14. The van der Waals surface area contributed by atoms with Crippen LogP contribution in [0.1, 0.15) is 15.9 Å². The number of methoxy groups -OCH3 is 1. The topological polar surface area (TPSA) is 64.3 Å². The number of nitrogen functional groups attached to an aromatic ring is 1. The van der Waals surface area contributed by atoms with Crippen molar-refractivity contribution in [3.05, 3.63) is 59.4 Å². The molecule has 5 heteroatoms. The van der Waals surface area contributed by atoms with E-state index in [-0.39, 0.29) is 17.2 Å². The molecule has 0 atom stereocenters. The number of halogens is 1. The van der Waals surface area contributed by atoms with E-state index in [1.807, 2.05) is 24.3 Å². The molecule has 110 valence electrons. The Bertz CT molecular complexity index is 627. The maximum absolute atomic E-state index is 13.1. The fourth-order valence-corrected chi connectivity index (χ4v) is 1.93. The predicted octanol–water partition coefficient (Wildman–Crippen LogP) is 2.39. The fourth-order valence-electron chi connectivity index (χ4n) is 1.93. The first-order chi connectivity index (χ1) is 10.1. The van der Waals surface area contributed by atoms with Crippen molar-refractivity contribution in [1.82, 2.24) is 5.32 Å². The van der Waals surface area contributed by atoms with Crippen LogP contribution in [0.15, 0.2) is 42.5 Å². The van der Waals surface area contributed by atoms with Crippen molar-refractivity contribution in [3.63, 3.8) is 0 Å². The number of rotatable bonds is 5. The van der Waals surface area contributed by atoms with Crippen LogP contribution < -0.4 is 15.8 Å². The van der Waals surface area contributed by atoms with Crippen molar-refractivity contribution in [2.24, 2.45) is 0 Å². The third kappa shape index (κ3) is 3.95. The van der Waals surface area contributed by atoms with Crippen LogP contribution >= 0.6 is 0 Å². The zero-order chi connectivity index (χ0) is 15.2. The van der Waals surface area contributed by atoms with Crippen molar-refractivity contribution >= 4 is 11.6 Å². The number of hydrogen-bond donors (Lipinski definition) is 2. The van der Waals surface area contributed by atoms with Gasteiger partial charge in [-0.05, 0) is 42.3 Å². The van der Waals surface area contributed by atoms with Crippen LogP contribution in [0.3, 0.4) is 0 Å². The molecule has 2 aromatic rings. The van der Waals surface area contributed by atoms with E-state index in [0.29, 0.717) is 13.0 Å². The van der Waals surface area contributed by atoms with E-state index in [0.717, 1.165) is 17.4 Å². The van der Waals surface area contributed by atoms with E-state index in [4.69, 9.17) is 10.5 Å². The van der Waals surface area contributed by atoms with E-state index in [1.54, 1.807) is 7.11 Å². The van der Waals surface area contributed by atoms with Crippen LogP contribution in [0.4, 0.5) is 10.1 Å². The minimum Gasteiger partial charge on any atom is -0.497 e. The summed E-state index contributed by atoms with van der Waals surface area (Å²) >= 11 is 0. The number of anilines is 1. The van der Waals surface area contributed by atoms with Crippen LogP contribution in [-0.2, 0) is 6.42 Å². The van der Waals surface area contributed by atoms with E-state index in [1.165, 1.54) is 12.1 Å². The van der Waals surface area contributed by atoms with Gasteiger partial charge in [0.15, 0.2) is 0 Å². The molecule has 0 aliphatic rings. The minimum absolute atomic E-state index is 0.157. The summed E-state index contributed by atoms with van der Waals surface area (Å²) in [5.74, 6) is -0.0691. The van der Waals surface area contributed by atoms with Gasteiger partial charge in [-0.15, -0.1) is 0 Å². The van der Waals surface area contributed by atoms with Crippen LogP contribution in [0.25, 0.3) is 0 Å². The highest BCUT2D eigenvalue weighted by molar-refractivity contribution is 5.99. The Labute approximate surface area is 122 Å². The van der Waals surface area contributed by atoms with Crippen molar-refractivity contribution in [3.8, 4) is 5.75 Å². The van der Waals surface area contributed by atoms with E-state index >= 15 is 0 Å². The van der Waals surface area contributed by atoms with Crippen LogP contribution in [0, 0.1) is 5.82 Å². The number of carbonyl (C=O) groups is 1. The molecular weight excluding hydrogens is 271 g/mol. The second-order valence-corrected chi connectivity index (χ2v) is 4.59. The lowest BCUT2D eigenvalue weighted by Crippen LogP contribution is -2.26. The molecule has 0 aliphatic carbocycles. The lowest BCUT2D eigenvalue weighted by atomic mass is 10.1.